The van der Waals surface area contributed by atoms with Crippen molar-refractivity contribution >= 4 is 46.6 Å². The van der Waals surface area contributed by atoms with Gasteiger partial charge in [0.15, 0.2) is 17.3 Å². The summed E-state index contributed by atoms with van der Waals surface area (Å²) in [7, 11) is 1.25. The standard InChI is InChI=1S/C25H17Cl3O6/c1-31-25(30)23-22(15-8-20-21(9-19(15)28)34-11-33-20)13-6-5-12(7-14(13)24(23)29)32-10-16-17(26)3-2-4-18(16)27/h2-9,22-23H,10-11H2,1H3. The molecular formula is C25H17Cl3O6. The van der Waals surface area contributed by atoms with E-state index < -0.39 is 17.8 Å². The first-order valence-corrected chi connectivity index (χ1v) is 11.4. The van der Waals surface area contributed by atoms with Crippen LogP contribution in [0.2, 0.25) is 15.1 Å². The highest BCUT2D eigenvalue weighted by atomic mass is 35.5. The van der Waals surface area contributed by atoms with Crippen molar-refractivity contribution in [2.45, 2.75) is 12.5 Å². The van der Waals surface area contributed by atoms with E-state index in [2.05, 4.69) is 0 Å². The van der Waals surface area contributed by atoms with Gasteiger partial charge in [0, 0.05) is 38.2 Å². The molecule has 0 fully saturated rings. The smallest absolute Gasteiger partial charge is 0.317 e. The molecule has 0 bridgehead atoms. The van der Waals surface area contributed by atoms with E-state index in [1.54, 1.807) is 48.5 Å². The minimum atomic E-state index is -1.09. The second kappa shape index (κ2) is 9.02. The molecule has 0 saturated heterocycles. The number of fused-ring (bicyclic) bond motifs is 2. The molecule has 2 aliphatic rings. The summed E-state index contributed by atoms with van der Waals surface area (Å²) in [6.45, 7) is 0.190. The third-order valence-electron chi connectivity index (χ3n) is 5.97. The fourth-order valence-electron chi connectivity index (χ4n) is 4.32. The van der Waals surface area contributed by atoms with Crippen molar-refractivity contribution in [1.29, 1.82) is 0 Å². The number of Topliss-reactive ketones (excluding diaryl/α,β-unsaturated/α-hetero) is 1. The van der Waals surface area contributed by atoms with Crippen LogP contribution >= 0.6 is 34.8 Å². The number of halogens is 3. The van der Waals surface area contributed by atoms with Gasteiger partial charge in [0.05, 0.1) is 7.11 Å². The lowest BCUT2D eigenvalue weighted by atomic mass is 9.85. The number of carbonyl (C=O) groups excluding carboxylic acids is 2. The van der Waals surface area contributed by atoms with Crippen LogP contribution in [0.1, 0.15) is 33.0 Å². The number of ketones is 1. The zero-order valence-electron chi connectivity index (χ0n) is 17.8. The minimum absolute atomic E-state index is 0.0753. The predicted octanol–water partition coefficient (Wildman–Crippen LogP) is 6.07. The van der Waals surface area contributed by atoms with E-state index in [9.17, 15) is 9.59 Å². The van der Waals surface area contributed by atoms with Gasteiger partial charge in [0.2, 0.25) is 6.79 Å². The van der Waals surface area contributed by atoms with Gasteiger partial charge in [-0.2, -0.15) is 0 Å². The number of hydrogen-bond donors (Lipinski definition) is 0. The van der Waals surface area contributed by atoms with Crippen molar-refractivity contribution in [3.8, 4) is 17.2 Å². The van der Waals surface area contributed by atoms with Crippen LogP contribution in [0, 0.1) is 5.92 Å². The van der Waals surface area contributed by atoms with Crippen molar-refractivity contribution in [2.75, 3.05) is 13.9 Å². The van der Waals surface area contributed by atoms with Crippen LogP contribution in [-0.4, -0.2) is 25.7 Å². The molecule has 9 heteroatoms. The Labute approximate surface area is 210 Å². The third kappa shape index (κ3) is 3.86. The molecule has 0 amide bonds. The lowest BCUT2D eigenvalue weighted by Gasteiger charge is -2.20. The van der Waals surface area contributed by atoms with Crippen LogP contribution in [-0.2, 0) is 16.1 Å². The second-order valence-electron chi connectivity index (χ2n) is 7.81. The molecule has 0 radical (unpaired) electrons. The van der Waals surface area contributed by atoms with Gasteiger partial charge in [-0.3, -0.25) is 9.59 Å². The van der Waals surface area contributed by atoms with Gasteiger partial charge in [-0.1, -0.05) is 46.9 Å². The van der Waals surface area contributed by atoms with Crippen molar-refractivity contribution in [1.82, 2.24) is 0 Å². The fourth-order valence-corrected chi connectivity index (χ4v) is 5.10. The van der Waals surface area contributed by atoms with Crippen LogP contribution in [0.25, 0.3) is 0 Å². The zero-order valence-corrected chi connectivity index (χ0v) is 20.0. The quantitative estimate of drug-likeness (QED) is 0.301. The van der Waals surface area contributed by atoms with Crippen LogP contribution in [0.5, 0.6) is 17.2 Å². The Bertz CT molecular complexity index is 1300. The molecule has 0 saturated carbocycles. The van der Waals surface area contributed by atoms with Crippen molar-refractivity contribution in [2.24, 2.45) is 5.92 Å². The van der Waals surface area contributed by atoms with E-state index in [1.165, 1.54) is 7.11 Å². The first-order chi connectivity index (χ1) is 16.4. The highest BCUT2D eigenvalue weighted by molar-refractivity contribution is 6.36. The SMILES string of the molecule is COC(=O)C1C(=O)c2cc(OCc3c(Cl)cccc3Cl)ccc2C1c1cc2c(cc1Cl)OCO2. The molecule has 3 aromatic carbocycles. The first kappa shape index (κ1) is 22.8. The number of carbonyl (C=O) groups is 2. The molecule has 5 rings (SSSR count). The Morgan fingerprint density at radius 1 is 0.971 bits per heavy atom. The maximum Gasteiger partial charge on any atom is 0.317 e. The summed E-state index contributed by atoms with van der Waals surface area (Å²) in [4.78, 5) is 26.1. The number of hydrogen-bond acceptors (Lipinski definition) is 6. The molecule has 1 aliphatic heterocycles. The van der Waals surface area contributed by atoms with Gasteiger partial charge in [0.1, 0.15) is 18.3 Å². The van der Waals surface area contributed by atoms with E-state index in [-0.39, 0.29) is 19.2 Å². The van der Waals surface area contributed by atoms with Crippen molar-refractivity contribution in [3.05, 3.63) is 85.9 Å². The van der Waals surface area contributed by atoms with Crippen LogP contribution < -0.4 is 14.2 Å². The van der Waals surface area contributed by atoms with Crippen LogP contribution in [0.3, 0.4) is 0 Å². The minimum Gasteiger partial charge on any atom is -0.489 e. The average molecular weight is 520 g/mol. The molecule has 174 valence electrons. The van der Waals surface area contributed by atoms with Gasteiger partial charge in [0.25, 0.3) is 0 Å². The fraction of sp³-hybridized carbons (Fsp3) is 0.200. The highest BCUT2D eigenvalue weighted by Gasteiger charge is 2.47. The summed E-state index contributed by atoms with van der Waals surface area (Å²) >= 11 is 19.0. The normalized spacial score (nSPS) is 18.1. The third-order valence-corrected chi connectivity index (χ3v) is 7.00. The number of benzene rings is 3. The number of esters is 1. The topological polar surface area (TPSA) is 71.1 Å². The van der Waals surface area contributed by atoms with Crippen LogP contribution in [0.4, 0.5) is 0 Å². The molecule has 6 nitrogen and oxygen atoms in total. The number of methoxy groups -OCH3 is 1. The Morgan fingerprint density at radius 2 is 1.68 bits per heavy atom. The molecule has 2 unspecified atom stereocenters. The molecule has 2 atom stereocenters. The number of rotatable bonds is 5. The van der Waals surface area contributed by atoms with E-state index in [1.807, 2.05) is 0 Å². The summed E-state index contributed by atoms with van der Waals surface area (Å²) in [5.74, 6) is -1.32. The Balaban J connectivity index is 1.52. The van der Waals surface area contributed by atoms with E-state index in [0.717, 1.165) is 0 Å². The molecule has 1 heterocycles. The highest BCUT2D eigenvalue weighted by Crippen LogP contribution is 2.49. The Morgan fingerprint density at radius 3 is 2.38 bits per heavy atom. The average Bonchev–Trinajstić information content (AvgIpc) is 3.39. The summed E-state index contributed by atoms with van der Waals surface area (Å²) in [6.07, 6.45) is 0. The largest absolute Gasteiger partial charge is 0.489 e. The Kier molecular flexibility index (Phi) is 6.06. The summed E-state index contributed by atoms with van der Waals surface area (Å²) in [5.41, 5.74) is 2.21. The molecule has 34 heavy (non-hydrogen) atoms. The van der Waals surface area contributed by atoms with Crippen molar-refractivity contribution in [3.63, 3.8) is 0 Å². The van der Waals surface area contributed by atoms with Gasteiger partial charge >= 0.3 is 5.97 Å². The molecule has 0 spiro atoms. The summed E-state index contributed by atoms with van der Waals surface area (Å²) < 4.78 is 21.7. The molecule has 1 aliphatic carbocycles. The van der Waals surface area contributed by atoms with Crippen LogP contribution in [0.15, 0.2) is 48.5 Å². The number of ether oxygens (including phenoxy) is 4. The zero-order chi connectivity index (χ0) is 24.0. The van der Waals surface area contributed by atoms with Gasteiger partial charge in [-0.15, -0.1) is 0 Å². The molecule has 0 N–H and O–H groups in total. The van der Waals surface area contributed by atoms with Gasteiger partial charge in [-0.05, 0) is 41.5 Å². The second-order valence-corrected chi connectivity index (χ2v) is 9.03. The lowest BCUT2D eigenvalue weighted by Crippen LogP contribution is -2.26. The molecule has 3 aromatic rings. The van der Waals surface area contributed by atoms with Gasteiger partial charge in [-0.25, -0.2) is 0 Å². The molecule has 0 aromatic heterocycles. The monoisotopic (exact) mass is 518 g/mol. The molecular weight excluding hydrogens is 503 g/mol. The van der Waals surface area contributed by atoms with Gasteiger partial charge < -0.3 is 18.9 Å². The maximum absolute atomic E-state index is 13.4. The van der Waals surface area contributed by atoms with E-state index in [0.29, 0.717) is 54.6 Å². The lowest BCUT2D eigenvalue weighted by molar-refractivity contribution is -0.143. The summed E-state index contributed by atoms with van der Waals surface area (Å²) in [6, 6.07) is 13.6. The van der Waals surface area contributed by atoms with Crippen molar-refractivity contribution < 1.29 is 28.5 Å². The maximum atomic E-state index is 13.4. The predicted molar refractivity (Wildman–Crippen MR) is 126 cm³/mol. The Hall–Kier alpha value is -2.93. The first-order valence-electron chi connectivity index (χ1n) is 10.3. The summed E-state index contributed by atoms with van der Waals surface area (Å²) in [5, 5.41) is 1.32. The van der Waals surface area contributed by atoms with E-state index in [4.69, 9.17) is 53.8 Å². The van der Waals surface area contributed by atoms with E-state index >= 15 is 0 Å².